The Kier molecular flexibility index (Phi) is 3.69. The fourth-order valence-electron chi connectivity index (χ4n) is 1.41. The summed E-state index contributed by atoms with van der Waals surface area (Å²) in [5.41, 5.74) is 7.02. The van der Waals surface area contributed by atoms with Crippen molar-refractivity contribution in [2.45, 2.75) is 40.2 Å². The normalized spacial score (nSPS) is 12.0. The van der Waals surface area contributed by atoms with Crippen molar-refractivity contribution in [3.63, 3.8) is 0 Å². The Bertz CT molecular complexity index is 276. The molecule has 0 unspecified atom stereocenters. The van der Waals surface area contributed by atoms with Crippen LogP contribution in [0.5, 0.6) is 0 Å². The summed E-state index contributed by atoms with van der Waals surface area (Å²) in [6.45, 7) is 8.19. The summed E-state index contributed by atoms with van der Waals surface area (Å²) in [6.07, 6.45) is 4.33. The highest BCUT2D eigenvalue weighted by molar-refractivity contribution is 4.94. The molecule has 80 valence electrons. The van der Waals surface area contributed by atoms with Crippen LogP contribution in [0.4, 0.5) is 0 Å². The highest BCUT2D eigenvalue weighted by atomic mass is 15.3. The van der Waals surface area contributed by atoms with Crippen LogP contribution in [0.2, 0.25) is 0 Å². The summed E-state index contributed by atoms with van der Waals surface area (Å²) < 4.78 is 2.00. The fraction of sp³-hybridized carbons (Fsp3) is 0.727. The van der Waals surface area contributed by atoms with E-state index in [0.717, 1.165) is 31.6 Å². The predicted octanol–water partition coefficient (Wildman–Crippen LogP) is 1.96. The van der Waals surface area contributed by atoms with E-state index in [0.29, 0.717) is 0 Å². The van der Waals surface area contributed by atoms with Crippen molar-refractivity contribution in [3.8, 4) is 0 Å². The van der Waals surface area contributed by atoms with Gasteiger partial charge in [-0.15, -0.1) is 0 Å². The van der Waals surface area contributed by atoms with Gasteiger partial charge in [0.2, 0.25) is 0 Å². The van der Waals surface area contributed by atoms with E-state index in [-0.39, 0.29) is 5.41 Å². The molecule has 3 heteroatoms. The molecule has 0 fully saturated rings. The lowest BCUT2D eigenvalue weighted by molar-refractivity contribution is 0.324. The van der Waals surface area contributed by atoms with Crippen molar-refractivity contribution in [1.29, 1.82) is 0 Å². The van der Waals surface area contributed by atoms with Crippen LogP contribution >= 0.6 is 0 Å². The Balaban J connectivity index is 2.28. The second kappa shape index (κ2) is 4.60. The van der Waals surface area contributed by atoms with E-state index in [9.17, 15) is 0 Å². The van der Waals surface area contributed by atoms with Gasteiger partial charge in [0.15, 0.2) is 0 Å². The first-order valence-electron chi connectivity index (χ1n) is 5.24. The summed E-state index contributed by atoms with van der Waals surface area (Å²) in [4.78, 5) is 0. The minimum absolute atomic E-state index is 0.266. The van der Waals surface area contributed by atoms with Gasteiger partial charge in [-0.05, 0) is 37.8 Å². The van der Waals surface area contributed by atoms with Crippen LogP contribution in [-0.4, -0.2) is 16.3 Å². The van der Waals surface area contributed by atoms with E-state index >= 15 is 0 Å². The lowest BCUT2D eigenvalue weighted by Gasteiger charge is -2.21. The fourth-order valence-corrected chi connectivity index (χ4v) is 1.41. The summed E-state index contributed by atoms with van der Waals surface area (Å²) >= 11 is 0. The molecule has 0 aliphatic heterocycles. The van der Waals surface area contributed by atoms with Gasteiger partial charge >= 0.3 is 0 Å². The Morgan fingerprint density at radius 3 is 2.71 bits per heavy atom. The van der Waals surface area contributed by atoms with E-state index in [2.05, 4.69) is 18.9 Å². The van der Waals surface area contributed by atoms with Gasteiger partial charge in [-0.1, -0.05) is 13.8 Å². The smallest absolute Gasteiger partial charge is 0.0593 e. The number of hydrogen-bond donors (Lipinski definition) is 1. The summed E-state index contributed by atoms with van der Waals surface area (Å²) in [7, 11) is 0. The maximum absolute atomic E-state index is 5.67. The zero-order valence-corrected chi connectivity index (χ0v) is 9.45. The third kappa shape index (κ3) is 3.50. The molecule has 0 bridgehead atoms. The van der Waals surface area contributed by atoms with Gasteiger partial charge in [0.1, 0.15) is 0 Å². The second-order valence-electron chi connectivity index (χ2n) is 4.69. The van der Waals surface area contributed by atoms with E-state index < -0.39 is 0 Å². The number of aromatic nitrogens is 2. The van der Waals surface area contributed by atoms with Crippen LogP contribution < -0.4 is 5.73 Å². The van der Waals surface area contributed by atoms with E-state index in [1.165, 1.54) is 0 Å². The zero-order valence-electron chi connectivity index (χ0n) is 9.45. The Morgan fingerprint density at radius 1 is 1.50 bits per heavy atom. The molecular formula is C11H21N3. The lowest BCUT2D eigenvalue weighted by Crippen LogP contribution is -2.23. The predicted molar refractivity (Wildman–Crippen MR) is 59.0 cm³/mol. The molecule has 0 amide bonds. The SMILES string of the molecule is Cc1ccn(CCCC(C)(C)CN)n1. The first-order valence-corrected chi connectivity index (χ1v) is 5.24. The van der Waals surface area contributed by atoms with Crippen molar-refractivity contribution >= 4 is 0 Å². The minimum atomic E-state index is 0.266. The average molecular weight is 195 g/mol. The molecule has 14 heavy (non-hydrogen) atoms. The Morgan fingerprint density at radius 2 is 2.21 bits per heavy atom. The van der Waals surface area contributed by atoms with Gasteiger partial charge < -0.3 is 5.73 Å². The topological polar surface area (TPSA) is 43.8 Å². The molecular weight excluding hydrogens is 174 g/mol. The summed E-state index contributed by atoms with van der Waals surface area (Å²) in [5, 5.41) is 4.34. The van der Waals surface area contributed by atoms with Gasteiger partial charge in [0.25, 0.3) is 0 Å². The lowest BCUT2D eigenvalue weighted by atomic mass is 9.88. The molecule has 1 aromatic heterocycles. The van der Waals surface area contributed by atoms with Crippen LogP contribution in [0, 0.1) is 12.3 Å². The quantitative estimate of drug-likeness (QED) is 0.780. The van der Waals surface area contributed by atoms with Crippen molar-refractivity contribution in [2.75, 3.05) is 6.54 Å². The number of rotatable bonds is 5. The number of aryl methyl sites for hydroxylation is 2. The molecule has 3 nitrogen and oxygen atoms in total. The van der Waals surface area contributed by atoms with Crippen molar-refractivity contribution in [1.82, 2.24) is 9.78 Å². The monoisotopic (exact) mass is 195 g/mol. The van der Waals surface area contributed by atoms with E-state index in [1.54, 1.807) is 0 Å². The molecule has 1 heterocycles. The van der Waals surface area contributed by atoms with Crippen molar-refractivity contribution < 1.29 is 0 Å². The molecule has 0 atom stereocenters. The van der Waals surface area contributed by atoms with E-state index in [4.69, 9.17) is 5.73 Å². The Labute approximate surface area is 86.3 Å². The van der Waals surface area contributed by atoms with E-state index in [1.807, 2.05) is 23.9 Å². The largest absolute Gasteiger partial charge is 0.330 e. The third-order valence-electron chi connectivity index (χ3n) is 2.57. The third-order valence-corrected chi connectivity index (χ3v) is 2.57. The first kappa shape index (κ1) is 11.2. The molecule has 2 N–H and O–H groups in total. The minimum Gasteiger partial charge on any atom is -0.330 e. The first-order chi connectivity index (χ1) is 6.53. The number of nitrogens with zero attached hydrogens (tertiary/aromatic N) is 2. The van der Waals surface area contributed by atoms with Gasteiger partial charge in [0, 0.05) is 12.7 Å². The standard InChI is InChI=1S/C11H21N3/c1-10-5-8-14(13-10)7-4-6-11(2,3)9-12/h5,8H,4,6-7,9,12H2,1-3H3. The molecule has 0 aromatic carbocycles. The molecule has 0 saturated heterocycles. The van der Waals surface area contributed by atoms with Gasteiger partial charge in [-0.25, -0.2) is 0 Å². The number of nitrogens with two attached hydrogens (primary N) is 1. The molecule has 0 aliphatic carbocycles. The molecule has 0 saturated carbocycles. The molecule has 0 radical (unpaired) electrons. The van der Waals surface area contributed by atoms with Gasteiger partial charge in [-0.3, -0.25) is 4.68 Å². The molecule has 0 spiro atoms. The van der Waals surface area contributed by atoms with Crippen molar-refractivity contribution in [2.24, 2.45) is 11.1 Å². The van der Waals surface area contributed by atoms with Gasteiger partial charge in [0.05, 0.1) is 5.69 Å². The van der Waals surface area contributed by atoms with Crippen LogP contribution in [-0.2, 0) is 6.54 Å². The van der Waals surface area contributed by atoms with Crippen LogP contribution in [0.1, 0.15) is 32.4 Å². The second-order valence-corrected chi connectivity index (χ2v) is 4.69. The highest BCUT2D eigenvalue weighted by Crippen LogP contribution is 2.20. The average Bonchev–Trinajstić information content (AvgIpc) is 2.51. The summed E-state index contributed by atoms with van der Waals surface area (Å²) in [6, 6.07) is 2.04. The molecule has 1 rings (SSSR count). The maximum atomic E-state index is 5.67. The van der Waals surface area contributed by atoms with Crippen molar-refractivity contribution in [3.05, 3.63) is 18.0 Å². The maximum Gasteiger partial charge on any atom is 0.0593 e. The zero-order chi connectivity index (χ0) is 10.6. The van der Waals surface area contributed by atoms with Crippen LogP contribution in [0.3, 0.4) is 0 Å². The van der Waals surface area contributed by atoms with Crippen LogP contribution in [0.15, 0.2) is 12.3 Å². The summed E-state index contributed by atoms with van der Waals surface area (Å²) in [5.74, 6) is 0. The number of hydrogen-bond acceptors (Lipinski definition) is 2. The molecule has 1 aromatic rings. The Hall–Kier alpha value is -0.830. The molecule has 0 aliphatic rings. The highest BCUT2D eigenvalue weighted by Gasteiger charge is 2.14. The van der Waals surface area contributed by atoms with Gasteiger partial charge in [-0.2, -0.15) is 5.10 Å². The van der Waals surface area contributed by atoms with Crippen LogP contribution in [0.25, 0.3) is 0 Å².